The SMILES string of the molecule is CN(CCOC(=O)c1ccc(C(C)(C)C)cc1)CCOC(=O)c1ccc(C(C)(C)C)cc1.COS(=O)(=O)O. The Morgan fingerprint density at radius 2 is 1.03 bits per heavy atom. The van der Waals surface area contributed by atoms with E-state index in [1.165, 1.54) is 11.1 Å². The monoisotopic (exact) mass is 551 g/mol. The molecule has 0 bridgehead atoms. The third-order valence-corrected chi connectivity index (χ3v) is 6.02. The number of rotatable bonds is 9. The molecule has 0 saturated carbocycles. The van der Waals surface area contributed by atoms with Gasteiger partial charge >= 0.3 is 22.3 Å². The molecular weight excluding hydrogens is 510 g/mol. The third kappa shape index (κ3) is 12.6. The number of carbonyl (C=O) groups is 2. The van der Waals surface area contributed by atoms with Crippen molar-refractivity contribution in [3.8, 4) is 0 Å². The Morgan fingerprint density at radius 3 is 1.26 bits per heavy atom. The number of hydrogen-bond acceptors (Lipinski definition) is 8. The molecule has 0 spiro atoms. The van der Waals surface area contributed by atoms with Crippen molar-refractivity contribution in [1.82, 2.24) is 4.90 Å². The van der Waals surface area contributed by atoms with Gasteiger partial charge in [0.25, 0.3) is 0 Å². The van der Waals surface area contributed by atoms with Crippen LogP contribution < -0.4 is 0 Å². The highest BCUT2D eigenvalue weighted by atomic mass is 32.3. The molecular formula is C28H41NO8S. The number of carbonyl (C=O) groups excluding carboxylic acids is 2. The van der Waals surface area contributed by atoms with E-state index >= 15 is 0 Å². The predicted molar refractivity (Wildman–Crippen MR) is 147 cm³/mol. The Bertz CT molecular complexity index is 1050. The molecule has 0 amide bonds. The van der Waals surface area contributed by atoms with Gasteiger partial charge in [0.1, 0.15) is 13.2 Å². The first-order valence-electron chi connectivity index (χ1n) is 12.2. The van der Waals surface area contributed by atoms with Crippen LogP contribution in [0.4, 0.5) is 0 Å². The van der Waals surface area contributed by atoms with E-state index in [4.69, 9.17) is 14.0 Å². The maximum atomic E-state index is 12.2. The molecule has 38 heavy (non-hydrogen) atoms. The smallest absolute Gasteiger partial charge is 0.397 e. The highest BCUT2D eigenvalue weighted by molar-refractivity contribution is 7.80. The molecule has 0 unspecified atom stereocenters. The van der Waals surface area contributed by atoms with Crippen molar-refractivity contribution in [2.45, 2.75) is 52.4 Å². The highest BCUT2D eigenvalue weighted by Crippen LogP contribution is 2.23. The summed E-state index contributed by atoms with van der Waals surface area (Å²) in [7, 11) is -1.39. The topological polar surface area (TPSA) is 119 Å². The van der Waals surface area contributed by atoms with E-state index in [1.54, 1.807) is 24.3 Å². The van der Waals surface area contributed by atoms with Gasteiger partial charge in [-0.25, -0.2) is 9.59 Å². The normalized spacial score (nSPS) is 11.9. The molecule has 0 fully saturated rings. The molecule has 0 aliphatic heterocycles. The number of likely N-dealkylation sites (N-methyl/N-ethyl adjacent to an activating group) is 1. The maximum absolute atomic E-state index is 12.2. The minimum Gasteiger partial charge on any atom is -0.461 e. The summed E-state index contributed by atoms with van der Waals surface area (Å²) in [5.74, 6) is -0.659. The summed E-state index contributed by atoms with van der Waals surface area (Å²) in [6.07, 6.45) is 0. The van der Waals surface area contributed by atoms with Gasteiger partial charge < -0.3 is 9.47 Å². The van der Waals surface area contributed by atoms with Gasteiger partial charge in [0.15, 0.2) is 0 Å². The van der Waals surface area contributed by atoms with E-state index in [9.17, 15) is 18.0 Å². The number of esters is 2. The summed E-state index contributed by atoms with van der Waals surface area (Å²) >= 11 is 0. The van der Waals surface area contributed by atoms with Crippen molar-refractivity contribution in [2.24, 2.45) is 0 Å². The number of hydrogen-bond donors (Lipinski definition) is 1. The van der Waals surface area contributed by atoms with Crippen LogP contribution in [0, 0.1) is 0 Å². The van der Waals surface area contributed by atoms with Crippen LogP contribution in [0.15, 0.2) is 48.5 Å². The Balaban J connectivity index is 0.00000107. The van der Waals surface area contributed by atoms with Gasteiger partial charge in [-0.1, -0.05) is 65.8 Å². The van der Waals surface area contributed by atoms with E-state index in [1.807, 2.05) is 36.2 Å². The van der Waals surface area contributed by atoms with Crippen LogP contribution >= 0.6 is 0 Å². The van der Waals surface area contributed by atoms with E-state index < -0.39 is 10.4 Å². The fourth-order valence-corrected chi connectivity index (χ4v) is 3.08. The van der Waals surface area contributed by atoms with Gasteiger partial charge in [-0.05, 0) is 53.3 Å². The van der Waals surface area contributed by atoms with E-state index in [-0.39, 0.29) is 36.0 Å². The van der Waals surface area contributed by atoms with E-state index in [0.717, 1.165) is 7.11 Å². The summed E-state index contributed by atoms with van der Waals surface area (Å²) in [4.78, 5) is 26.4. The average Bonchev–Trinajstić information content (AvgIpc) is 2.83. The van der Waals surface area contributed by atoms with Crippen LogP contribution in [0.5, 0.6) is 0 Å². The first kappa shape index (κ1) is 33.2. The first-order valence-corrected chi connectivity index (χ1v) is 13.6. The second-order valence-electron chi connectivity index (χ2n) is 10.8. The lowest BCUT2D eigenvalue weighted by Gasteiger charge is -2.19. The molecule has 0 aromatic heterocycles. The Labute approximate surface area is 227 Å². The molecule has 0 aliphatic rings. The molecule has 1 N–H and O–H groups in total. The van der Waals surface area contributed by atoms with Crippen LogP contribution in [0.3, 0.4) is 0 Å². The predicted octanol–water partition coefficient (Wildman–Crippen LogP) is 4.66. The summed E-state index contributed by atoms with van der Waals surface area (Å²) in [5, 5.41) is 0. The summed E-state index contributed by atoms with van der Waals surface area (Å²) in [6.45, 7) is 14.5. The quantitative estimate of drug-likeness (QED) is 0.350. The van der Waals surface area contributed by atoms with Gasteiger partial charge in [0.2, 0.25) is 0 Å². The maximum Gasteiger partial charge on any atom is 0.397 e. The van der Waals surface area contributed by atoms with Gasteiger partial charge in [0, 0.05) is 13.1 Å². The van der Waals surface area contributed by atoms with Crippen molar-refractivity contribution in [2.75, 3.05) is 40.5 Å². The van der Waals surface area contributed by atoms with Gasteiger partial charge in [-0.3, -0.25) is 13.6 Å². The van der Waals surface area contributed by atoms with Gasteiger partial charge in [-0.15, -0.1) is 0 Å². The lowest BCUT2D eigenvalue weighted by atomic mass is 9.87. The summed E-state index contributed by atoms with van der Waals surface area (Å²) in [6, 6.07) is 15.1. The van der Waals surface area contributed by atoms with Crippen molar-refractivity contribution < 1.29 is 36.2 Å². The fraction of sp³-hybridized carbons (Fsp3) is 0.500. The van der Waals surface area contributed by atoms with Gasteiger partial charge in [0.05, 0.1) is 18.2 Å². The number of ether oxygens (including phenoxy) is 2. The first-order chi connectivity index (χ1) is 17.4. The summed E-state index contributed by atoms with van der Waals surface area (Å²) < 4.78 is 40.5. The molecule has 212 valence electrons. The standard InChI is InChI=1S/C27H37NO4.CH4O4S/c1-26(2,3)22-12-8-20(9-13-22)24(29)31-18-16-28(7)17-19-32-25(30)21-10-14-23(15-11-21)27(4,5)6;1-5-6(2,3)4/h8-15H,16-19H2,1-7H3;1H3,(H,2,3,4). The largest absolute Gasteiger partial charge is 0.461 e. The second-order valence-corrected chi connectivity index (χ2v) is 12.0. The molecule has 10 heteroatoms. The molecule has 0 radical (unpaired) electrons. The zero-order valence-electron chi connectivity index (χ0n) is 23.6. The van der Waals surface area contributed by atoms with Crippen LogP contribution in [0.1, 0.15) is 73.4 Å². The van der Waals surface area contributed by atoms with Crippen LogP contribution in [-0.4, -0.2) is 70.3 Å². The summed E-state index contributed by atoms with van der Waals surface area (Å²) in [5.41, 5.74) is 3.54. The van der Waals surface area contributed by atoms with Crippen molar-refractivity contribution in [1.29, 1.82) is 0 Å². The Morgan fingerprint density at radius 1 is 0.737 bits per heavy atom. The van der Waals surface area contributed by atoms with Gasteiger partial charge in [-0.2, -0.15) is 8.42 Å². The minimum atomic E-state index is -4.16. The van der Waals surface area contributed by atoms with Crippen molar-refractivity contribution in [3.05, 3.63) is 70.8 Å². The molecule has 2 aromatic carbocycles. The average molecular weight is 552 g/mol. The Hall–Kier alpha value is -2.79. The zero-order valence-corrected chi connectivity index (χ0v) is 24.4. The van der Waals surface area contributed by atoms with Crippen molar-refractivity contribution in [3.63, 3.8) is 0 Å². The minimum absolute atomic E-state index is 0.0461. The van der Waals surface area contributed by atoms with Crippen LogP contribution in [0.2, 0.25) is 0 Å². The second kappa shape index (κ2) is 14.4. The lowest BCUT2D eigenvalue weighted by Crippen LogP contribution is -2.28. The van der Waals surface area contributed by atoms with Crippen LogP contribution in [0.25, 0.3) is 0 Å². The van der Waals surface area contributed by atoms with Crippen LogP contribution in [-0.2, 0) is 34.9 Å². The number of nitrogens with zero attached hydrogens (tertiary/aromatic N) is 1. The van der Waals surface area contributed by atoms with Crippen molar-refractivity contribution >= 4 is 22.3 Å². The molecule has 0 aliphatic carbocycles. The fourth-order valence-electron chi connectivity index (χ4n) is 3.08. The molecule has 0 saturated heterocycles. The molecule has 2 rings (SSSR count). The lowest BCUT2D eigenvalue weighted by molar-refractivity contribution is 0.0419. The Kier molecular flexibility index (Phi) is 12.6. The van der Waals surface area contributed by atoms with E-state index in [2.05, 4.69) is 45.7 Å². The molecule has 0 heterocycles. The molecule has 0 atom stereocenters. The zero-order chi connectivity index (χ0) is 29.1. The van der Waals surface area contributed by atoms with E-state index in [0.29, 0.717) is 24.2 Å². The third-order valence-electron chi connectivity index (χ3n) is 5.60. The molecule has 9 nitrogen and oxygen atoms in total. The number of benzene rings is 2. The molecule has 2 aromatic rings. The highest BCUT2D eigenvalue weighted by Gasteiger charge is 2.16.